The van der Waals surface area contributed by atoms with Gasteiger partial charge in [-0.2, -0.15) is 0 Å². The second-order valence-corrected chi connectivity index (χ2v) is 9.42. The van der Waals surface area contributed by atoms with Crippen molar-refractivity contribution in [3.63, 3.8) is 0 Å². The standard InChI is InChI=1S/C22H38O2/c1-7-17-11-9-15-22(6)18(13-14-19(17)22)16(2)10-8-12-20(23)24-21(3,4)5/h7,16,18-19H,8-15H2,1-6H3/b17-7+/t16-,18-,19+,22-/m1/s1. The maximum atomic E-state index is 11.9. The topological polar surface area (TPSA) is 26.3 Å². The van der Waals surface area contributed by atoms with Crippen molar-refractivity contribution in [1.29, 1.82) is 0 Å². The molecule has 2 nitrogen and oxygen atoms in total. The molecule has 2 aliphatic rings. The molecule has 0 spiro atoms. The first-order valence-electron chi connectivity index (χ1n) is 10.0. The summed E-state index contributed by atoms with van der Waals surface area (Å²) in [6.45, 7) is 13.0. The van der Waals surface area contributed by atoms with Gasteiger partial charge in [0.1, 0.15) is 5.60 Å². The Morgan fingerprint density at radius 1 is 1.38 bits per heavy atom. The molecule has 0 unspecified atom stereocenters. The fourth-order valence-electron chi connectivity index (χ4n) is 5.52. The number of esters is 1. The molecule has 0 N–H and O–H groups in total. The van der Waals surface area contributed by atoms with Gasteiger partial charge in [-0.3, -0.25) is 4.79 Å². The Hall–Kier alpha value is -0.790. The highest BCUT2D eigenvalue weighted by Crippen LogP contribution is 2.59. The molecule has 24 heavy (non-hydrogen) atoms. The van der Waals surface area contributed by atoms with Gasteiger partial charge in [-0.1, -0.05) is 25.5 Å². The highest BCUT2D eigenvalue weighted by Gasteiger charge is 2.50. The minimum absolute atomic E-state index is 0.0425. The molecule has 2 aliphatic carbocycles. The quantitative estimate of drug-likeness (QED) is 0.436. The second-order valence-electron chi connectivity index (χ2n) is 9.42. The van der Waals surface area contributed by atoms with Crippen LogP contribution >= 0.6 is 0 Å². The lowest BCUT2D eigenvalue weighted by Crippen LogP contribution is -2.36. The molecule has 138 valence electrons. The first-order chi connectivity index (χ1) is 11.2. The molecule has 0 saturated heterocycles. The molecule has 2 fully saturated rings. The Balaban J connectivity index is 1.87. The Kier molecular flexibility index (Phi) is 6.20. The Bertz CT molecular complexity index is 471. The van der Waals surface area contributed by atoms with Gasteiger partial charge >= 0.3 is 5.97 Å². The van der Waals surface area contributed by atoms with Crippen LogP contribution in [-0.2, 0) is 9.53 Å². The van der Waals surface area contributed by atoms with Gasteiger partial charge in [0.2, 0.25) is 0 Å². The van der Waals surface area contributed by atoms with E-state index in [0.29, 0.717) is 17.8 Å². The fraction of sp³-hybridized carbons (Fsp3) is 0.864. The van der Waals surface area contributed by atoms with Gasteiger partial charge in [0, 0.05) is 6.42 Å². The van der Waals surface area contributed by atoms with Crippen LogP contribution in [0.25, 0.3) is 0 Å². The summed E-state index contributed by atoms with van der Waals surface area (Å²) in [5, 5.41) is 0. The van der Waals surface area contributed by atoms with E-state index >= 15 is 0 Å². The lowest BCUT2D eigenvalue weighted by Gasteiger charge is -2.44. The summed E-state index contributed by atoms with van der Waals surface area (Å²) in [5.41, 5.74) is 1.85. The smallest absolute Gasteiger partial charge is 0.306 e. The molecule has 0 aliphatic heterocycles. The van der Waals surface area contributed by atoms with Crippen molar-refractivity contribution in [1.82, 2.24) is 0 Å². The van der Waals surface area contributed by atoms with E-state index in [1.54, 1.807) is 5.57 Å². The lowest BCUT2D eigenvalue weighted by atomic mass is 9.61. The maximum Gasteiger partial charge on any atom is 0.306 e. The van der Waals surface area contributed by atoms with Crippen molar-refractivity contribution in [3.8, 4) is 0 Å². The molecule has 2 rings (SSSR count). The maximum absolute atomic E-state index is 11.9. The Morgan fingerprint density at radius 2 is 2.08 bits per heavy atom. The first kappa shape index (κ1) is 19.5. The molecule has 4 atom stereocenters. The number of ether oxygens (including phenoxy) is 1. The van der Waals surface area contributed by atoms with E-state index in [1.165, 1.54) is 32.1 Å². The van der Waals surface area contributed by atoms with Gasteiger partial charge in [0.25, 0.3) is 0 Å². The van der Waals surface area contributed by atoms with Gasteiger partial charge in [-0.05, 0) is 95.8 Å². The van der Waals surface area contributed by atoms with Crippen molar-refractivity contribution in [2.75, 3.05) is 0 Å². The minimum atomic E-state index is -0.361. The zero-order valence-electron chi connectivity index (χ0n) is 16.8. The molecule has 2 saturated carbocycles. The number of hydrogen-bond acceptors (Lipinski definition) is 2. The van der Waals surface area contributed by atoms with Crippen LogP contribution in [0.2, 0.25) is 0 Å². The van der Waals surface area contributed by atoms with Crippen molar-refractivity contribution in [2.45, 2.75) is 98.5 Å². The molecule has 0 aromatic heterocycles. The summed E-state index contributed by atoms with van der Waals surface area (Å²) in [4.78, 5) is 11.9. The zero-order valence-corrected chi connectivity index (χ0v) is 16.8. The number of allylic oxidation sites excluding steroid dienone is 2. The molecular formula is C22H38O2. The van der Waals surface area contributed by atoms with Crippen LogP contribution in [0.3, 0.4) is 0 Å². The van der Waals surface area contributed by atoms with Gasteiger partial charge < -0.3 is 4.74 Å². The second kappa shape index (κ2) is 7.62. The van der Waals surface area contributed by atoms with Crippen molar-refractivity contribution in [2.24, 2.45) is 23.2 Å². The largest absolute Gasteiger partial charge is 0.460 e. The van der Waals surface area contributed by atoms with E-state index in [-0.39, 0.29) is 11.6 Å². The molecule has 0 amide bonds. The van der Waals surface area contributed by atoms with E-state index in [4.69, 9.17) is 4.74 Å². The van der Waals surface area contributed by atoms with E-state index < -0.39 is 0 Å². The Morgan fingerprint density at radius 3 is 2.71 bits per heavy atom. The summed E-state index contributed by atoms with van der Waals surface area (Å²) in [6, 6.07) is 0. The highest BCUT2D eigenvalue weighted by molar-refractivity contribution is 5.69. The SMILES string of the molecule is C/C=C1\CCC[C@]2(C)[C@@H]([C@H](C)CCCC(=O)OC(C)(C)C)CC[C@@H]12. The third kappa shape index (κ3) is 4.43. The third-order valence-electron chi connectivity index (χ3n) is 6.56. The number of hydrogen-bond donors (Lipinski definition) is 0. The summed E-state index contributed by atoms with van der Waals surface area (Å²) in [6.07, 6.45) is 11.9. The predicted octanol–water partition coefficient (Wildman–Crippen LogP) is 6.30. The monoisotopic (exact) mass is 334 g/mol. The predicted molar refractivity (Wildman–Crippen MR) is 101 cm³/mol. The van der Waals surface area contributed by atoms with Crippen molar-refractivity contribution < 1.29 is 9.53 Å². The van der Waals surface area contributed by atoms with Crippen molar-refractivity contribution >= 4 is 5.97 Å². The molecule has 0 heterocycles. The van der Waals surface area contributed by atoms with Gasteiger partial charge in [0.15, 0.2) is 0 Å². The number of fused-ring (bicyclic) bond motifs is 1. The van der Waals surface area contributed by atoms with E-state index in [2.05, 4.69) is 26.8 Å². The lowest BCUT2D eigenvalue weighted by molar-refractivity contribution is -0.155. The molecule has 2 heteroatoms. The van der Waals surface area contributed by atoms with Crippen LogP contribution in [0.4, 0.5) is 0 Å². The van der Waals surface area contributed by atoms with Gasteiger partial charge in [-0.15, -0.1) is 0 Å². The number of carbonyl (C=O) groups excluding carboxylic acids is 1. The van der Waals surface area contributed by atoms with Crippen LogP contribution in [0.5, 0.6) is 0 Å². The van der Waals surface area contributed by atoms with Crippen LogP contribution in [-0.4, -0.2) is 11.6 Å². The van der Waals surface area contributed by atoms with Crippen LogP contribution in [0.15, 0.2) is 11.6 Å². The normalized spacial score (nSPS) is 33.3. The molecular weight excluding hydrogens is 296 g/mol. The number of carbonyl (C=O) groups is 1. The summed E-state index contributed by atoms with van der Waals surface area (Å²) >= 11 is 0. The van der Waals surface area contributed by atoms with Crippen LogP contribution in [0.1, 0.15) is 92.9 Å². The molecule has 0 aromatic rings. The zero-order chi connectivity index (χ0) is 18.0. The van der Waals surface area contributed by atoms with Gasteiger partial charge in [0.05, 0.1) is 0 Å². The van der Waals surface area contributed by atoms with Crippen LogP contribution in [0, 0.1) is 23.2 Å². The van der Waals surface area contributed by atoms with E-state index in [0.717, 1.165) is 24.7 Å². The molecule has 0 aromatic carbocycles. The van der Waals surface area contributed by atoms with Crippen molar-refractivity contribution in [3.05, 3.63) is 11.6 Å². The first-order valence-corrected chi connectivity index (χ1v) is 10.0. The average molecular weight is 335 g/mol. The fourth-order valence-corrected chi connectivity index (χ4v) is 5.52. The van der Waals surface area contributed by atoms with E-state index in [1.807, 2.05) is 20.8 Å². The molecule has 0 bridgehead atoms. The Labute approximate surface area is 149 Å². The summed E-state index contributed by atoms with van der Waals surface area (Å²) < 4.78 is 5.43. The van der Waals surface area contributed by atoms with Crippen LogP contribution < -0.4 is 0 Å². The highest BCUT2D eigenvalue weighted by atomic mass is 16.6. The minimum Gasteiger partial charge on any atom is -0.460 e. The molecule has 0 radical (unpaired) electrons. The van der Waals surface area contributed by atoms with E-state index in [9.17, 15) is 4.79 Å². The number of rotatable bonds is 5. The summed E-state index contributed by atoms with van der Waals surface area (Å²) in [7, 11) is 0. The average Bonchev–Trinajstić information content (AvgIpc) is 2.82. The third-order valence-corrected chi connectivity index (χ3v) is 6.56. The summed E-state index contributed by atoms with van der Waals surface area (Å²) in [5.74, 6) is 2.30. The van der Waals surface area contributed by atoms with Gasteiger partial charge in [-0.25, -0.2) is 0 Å².